The molecule has 39 heavy (non-hydrogen) atoms. The third-order valence-electron chi connectivity index (χ3n) is 5.64. The molecule has 8 nitrogen and oxygen atoms in total. The van der Waals surface area contributed by atoms with Gasteiger partial charge in [0.15, 0.2) is 28.8 Å². The Morgan fingerprint density at radius 1 is 0.564 bits per heavy atom. The van der Waals surface area contributed by atoms with Gasteiger partial charge >= 0.3 is 0 Å². The van der Waals surface area contributed by atoms with Gasteiger partial charge in [0, 0.05) is 11.1 Å². The molecule has 0 N–H and O–H groups in total. The van der Waals surface area contributed by atoms with Gasteiger partial charge in [0.25, 0.3) is 0 Å². The Morgan fingerprint density at radius 2 is 0.872 bits per heavy atom. The summed E-state index contributed by atoms with van der Waals surface area (Å²) in [6.45, 7) is 14.7. The number of benzene rings is 2. The molecule has 0 bridgehead atoms. The minimum atomic E-state index is -0.0872. The third kappa shape index (κ3) is 7.69. The van der Waals surface area contributed by atoms with E-state index in [0.29, 0.717) is 85.3 Å². The lowest BCUT2D eigenvalue weighted by atomic mass is 9.97. The van der Waals surface area contributed by atoms with Crippen LogP contribution in [-0.2, 0) is 9.53 Å². The van der Waals surface area contributed by atoms with Crippen molar-refractivity contribution in [3.05, 3.63) is 46.5 Å². The molecule has 212 valence electrons. The molecule has 3 rings (SSSR count). The highest BCUT2D eigenvalue weighted by Crippen LogP contribution is 2.41. The van der Waals surface area contributed by atoms with Gasteiger partial charge in [-0.2, -0.15) is 0 Å². The Morgan fingerprint density at radius 3 is 1.15 bits per heavy atom. The summed E-state index contributed by atoms with van der Waals surface area (Å²) < 4.78 is 40.7. The van der Waals surface area contributed by atoms with E-state index in [1.54, 1.807) is 0 Å². The molecule has 0 aliphatic carbocycles. The Hall–Kier alpha value is -3.65. The molecule has 0 atom stereocenters. The smallest absolute Gasteiger partial charge is 0.203 e. The van der Waals surface area contributed by atoms with Crippen LogP contribution in [0.3, 0.4) is 0 Å². The minimum absolute atomic E-state index is 0.0872. The van der Waals surface area contributed by atoms with E-state index in [0.717, 1.165) is 11.1 Å². The topological polar surface area (TPSA) is 81.7 Å². The van der Waals surface area contributed by atoms with Gasteiger partial charge in [0.05, 0.1) is 52.9 Å². The molecule has 0 spiro atoms. The zero-order valence-corrected chi connectivity index (χ0v) is 23.9. The number of hydrogen-bond acceptors (Lipinski definition) is 8. The average molecular weight is 541 g/mol. The van der Waals surface area contributed by atoms with Crippen LogP contribution in [0, 0.1) is 0 Å². The van der Waals surface area contributed by atoms with Gasteiger partial charge in [-0.1, -0.05) is 0 Å². The molecule has 0 radical (unpaired) electrons. The quantitative estimate of drug-likeness (QED) is 0.264. The Balaban J connectivity index is 2.00. The van der Waals surface area contributed by atoms with Gasteiger partial charge in [0.2, 0.25) is 11.5 Å². The number of Topliss-reactive ketones (excluding diaryl/α,β-unsaturated/α-hetero) is 1. The number of carbonyl (C=O) groups excluding carboxylic acids is 1. The highest BCUT2D eigenvalue weighted by Gasteiger charge is 2.23. The van der Waals surface area contributed by atoms with Crippen LogP contribution < -0.4 is 28.4 Å². The van der Waals surface area contributed by atoms with E-state index < -0.39 is 0 Å². The zero-order valence-electron chi connectivity index (χ0n) is 23.9. The fourth-order valence-electron chi connectivity index (χ4n) is 4.21. The zero-order chi connectivity index (χ0) is 28.2. The SMILES string of the molecule is CCOc1cc(/C=C2\COC/C(=C\c3cc(OCC)c(OCC)c(OCC)c3)C2=O)cc(OCC)c1OCC. The summed E-state index contributed by atoms with van der Waals surface area (Å²) in [6.07, 6.45) is 3.62. The molecule has 2 aromatic carbocycles. The van der Waals surface area contributed by atoms with Gasteiger partial charge in [-0.05, 0) is 89.1 Å². The van der Waals surface area contributed by atoms with Crippen LogP contribution in [0.15, 0.2) is 35.4 Å². The largest absolute Gasteiger partial charge is 0.490 e. The molecule has 1 fully saturated rings. The number of hydrogen-bond donors (Lipinski definition) is 0. The first-order valence-corrected chi connectivity index (χ1v) is 13.7. The molecule has 0 aromatic heterocycles. The van der Waals surface area contributed by atoms with Gasteiger partial charge in [0.1, 0.15) is 0 Å². The highest BCUT2D eigenvalue weighted by molar-refractivity contribution is 6.14. The van der Waals surface area contributed by atoms with Crippen LogP contribution in [0.4, 0.5) is 0 Å². The summed E-state index contributed by atoms with van der Waals surface area (Å²) in [5.74, 6) is 3.30. The van der Waals surface area contributed by atoms with E-state index in [-0.39, 0.29) is 19.0 Å². The predicted molar refractivity (Wildman–Crippen MR) is 152 cm³/mol. The third-order valence-corrected chi connectivity index (χ3v) is 5.64. The molecule has 0 saturated carbocycles. The van der Waals surface area contributed by atoms with E-state index >= 15 is 0 Å². The van der Waals surface area contributed by atoms with Crippen LogP contribution in [0.2, 0.25) is 0 Å². The lowest BCUT2D eigenvalue weighted by Crippen LogP contribution is -2.22. The predicted octanol–water partition coefficient (Wildman–Crippen LogP) is 6.15. The number of ketones is 1. The van der Waals surface area contributed by atoms with Crippen molar-refractivity contribution in [2.45, 2.75) is 41.5 Å². The number of rotatable bonds is 14. The average Bonchev–Trinajstić information content (AvgIpc) is 2.91. The van der Waals surface area contributed by atoms with Crippen molar-refractivity contribution < 1.29 is 38.0 Å². The maximum Gasteiger partial charge on any atom is 0.203 e. The van der Waals surface area contributed by atoms with Crippen molar-refractivity contribution in [3.8, 4) is 34.5 Å². The van der Waals surface area contributed by atoms with Gasteiger partial charge in [-0.15, -0.1) is 0 Å². The molecular weight excluding hydrogens is 500 g/mol. The first-order chi connectivity index (χ1) is 19.0. The van der Waals surface area contributed by atoms with Crippen LogP contribution in [0.5, 0.6) is 34.5 Å². The second-order valence-electron chi connectivity index (χ2n) is 8.45. The Bertz CT molecular complexity index is 1040. The minimum Gasteiger partial charge on any atom is -0.490 e. The lowest BCUT2D eigenvalue weighted by molar-refractivity contribution is -0.114. The van der Waals surface area contributed by atoms with Crippen LogP contribution >= 0.6 is 0 Å². The van der Waals surface area contributed by atoms with Gasteiger partial charge in [-0.3, -0.25) is 4.79 Å². The normalized spacial score (nSPS) is 15.4. The molecule has 1 heterocycles. The summed E-state index contributed by atoms with van der Waals surface area (Å²) in [4.78, 5) is 13.5. The van der Waals surface area contributed by atoms with E-state index in [1.807, 2.05) is 78.0 Å². The second kappa shape index (κ2) is 15.1. The molecule has 0 amide bonds. The monoisotopic (exact) mass is 540 g/mol. The van der Waals surface area contributed by atoms with Crippen molar-refractivity contribution >= 4 is 17.9 Å². The van der Waals surface area contributed by atoms with Crippen molar-refractivity contribution in [3.63, 3.8) is 0 Å². The maximum atomic E-state index is 13.5. The van der Waals surface area contributed by atoms with Crippen molar-refractivity contribution in [2.75, 3.05) is 52.9 Å². The summed E-state index contributed by atoms with van der Waals surface area (Å²) >= 11 is 0. The summed E-state index contributed by atoms with van der Waals surface area (Å²) in [5, 5.41) is 0. The van der Waals surface area contributed by atoms with Crippen molar-refractivity contribution in [1.82, 2.24) is 0 Å². The summed E-state index contributed by atoms with van der Waals surface area (Å²) in [5.41, 5.74) is 2.58. The molecule has 1 saturated heterocycles. The van der Waals surface area contributed by atoms with Gasteiger partial charge in [-0.25, -0.2) is 0 Å². The van der Waals surface area contributed by atoms with E-state index in [2.05, 4.69) is 0 Å². The van der Waals surface area contributed by atoms with Crippen LogP contribution in [0.1, 0.15) is 52.7 Å². The number of ether oxygens (including phenoxy) is 7. The number of carbonyl (C=O) groups is 1. The second-order valence-corrected chi connectivity index (χ2v) is 8.45. The van der Waals surface area contributed by atoms with E-state index in [1.165, 1.54) is 0 Å². The first-order valence-electron chi connectivity index (χ1n) is 13.7. The molecule has 2 aromatic rings. The van der Waals surface area contributed by atoms with E-state index in [9.17, 15) is 4.79 Å². The van der Waals surface area contributed by atoms with Crippen LogP contribution in [-0.4, -0.2) is 58.6 Å². The van der Waals surface area contributed by atoms with Crippen molar-refractivity contribution in [1.29, 1.82) is 0 Å². The summed E-state index contributed by atoms with van der Waals surface area (Å²) in [7, 11) is 0. The highest BCUT2D eigenvalue weighted by atomic mass is 16.5. The summed E-state index contributed by atoms with van der Waals surface area (Å²) in [6, 6.07) is 7.41. The lowest BCUT2D eigenvalue weighted by Gasteiger charge is -2.20. The Labute approximate surface area is 231 Å². The van der Waals surface area contributed by atoms with Crippen molar-refractivity contribution in [2.24, 2.45) is 0 Å². The maximum absolute atomic E-state index is 13.5. The fourth-order valence-corrected chi connectivity index (χ4v) is 4.21. The molecule has 8 heteroatoms. The van der Waals surface area contributed by atoms with Gasteiger partial charge < -0.3 is 33.2 Å². The molecule has 1 aliphatic rings. The molecule has 1 aliphatic heterocycles. The first kappa shape index (κ1) is 29.9. The molecular formula is C31H40O8. The standard InChI is InChI=1S/C31H40O8/c1-7-34-25-15-21(16-26(35-8-2)30(25)38-11-5)13-23-19-33-20-24(29(23)32)14-22-17-27(36-9-3)31(39-12-6)28(18-22)37-10-4/h13-18H,7-12,19-20H2,1-6H3/b23-13+,24-14+. The Kier molecular flexibility index (Phi) is 11.6. The molecule has 0 unspecified atom stereocenters. The van der Waals surface area contributed by atoms with Crippen LogP contribution in [0.25, 0.3) is 12.2 Å². The van der Waals surface area contributed by atoms with E-state index in [4.69, 9.17) is 33.2 Å². The fraction of sp³-hybridized carbons (Fsp3) is 0.452.